The first-order valence-electron chi connectivity index (χ1n) is 7.21. The highest BCUT2D eigenvalue weighted by molar-refractivity contribution is 5.93. The number of nitrogens with zero attached hydrogens (tertiary/aromatic N) is 2. The van der Waals surface area contributed by atoms with Crippen molar-refractivity contribution in [3.8, 4) is 0 Å². The van der Waals surface area contributed by atoms with Crippen LogP contribution in [-0.4, -0.2) is 44.5 Å². The van der Waals surface area contributed by atoms with Crippen molar-refractivity contribution < 1.29 is 24.2 Å². The van der Waals surface area contributed by atoms with Crippen molar-refractivity contribution in [3.63, 3.8) is 0 Å². The number of ether oxygens (including phenoxy) is 1. The van der Waals surface area contributed by atoms with Gasteiger partial charge in [0.15, 0.2) is 0 Å². The molecule has 2 amide bonds. The number of fused-ring (bicyclic) bond motifs is 1. The van der Waals surface area contributed by atoms with Crippen molar-refractivity contribution in [2.75, 3.05) is 5.32 Å². The van der Waals surface area contributed by atoms with E-state index >= 15 is 0 Å². The molecule has 0 bridgehead atoms. The summed E-state index contributed by atoms with van der Waals surface area (Å²) in [7, 11) is 0. The van der Waals surface area contributed by atoms with Crippen molar-refractivity contribution in [1.82, 2.24) is 15.1 Å². The molecule has 126 valence electrons. The zero-order valence-corrected chi connectivity index (χ0v) is 13.2. The fourth-order valence-corrected chi connectivity index (χ4v) is 2.24. The number of hydrogen-bond donors (Lipinski definition) is 3. The van der Waals surface area contributed by atoms with Crippen LogP contribution in [0.4, 0.5) is 10.6 Å². The lowest BCUT2D eigenvalue weighted by atomic mass is 9.97. The molecular formula is C14H20N4O5. The van der Waals surface area contributed by atoms with Crippen LogP contribution in [0, 0.1) is 5.92 Å². The van der Waals surface area contributed by atoms with Crippen LogP contribution in [0.1, 0.15) is 27.2 Å². The summed E-state index contributed by atoms with van der Waals surface area (Å²) in [6, 6.07) is 0.430. The van der Waals surface area contributed by atoms with Gasteiger partial charge < -0.3 is 20.5 Å². The molecule has 2 rings (SSSR count). The van der Waals surface area contributed by atoms with Crippen LogP contribution in [0.15, 0.2) is 12.3 Å². The molecule has 0 saturated heterocycles. The number of anilines is 1. The molecule has 9 heteroatoms. The smallest absolute Gasteiger partial charge is 0.408 e. The number of carboxylic acids is 1. The summed E-state index contributed by atoms with van der Waals surface area (Å²) in [4.78, 5) is 35.1. The molecule has 23 heavy (non-hydrogen) atoms. The number of rotatable bonds is 4. The fraction of sp³-hybridized carbons (Fsp3) is 0.571. The van der Waals surface area contributed by atoms with Gasteiger partial charge in [-0.25, -0.2) is 14.3 Å². The first kappa shape index (κ1) is 16.8. The van der Waals surface area contributed by atoms with Gasteiger partial charge in [-0.15, -0.1) is 0 Å². The SMILES string of the molecule is CC(C)(C)OC(=O)N[C@@H](CC1Cn2nccc2NC1=O)C(=O)O. The van der Waals surface area contributed by atoms with Crippen molar-refractivity contribution in [2.45, 2.75) is 45.4 Å². The van der Waals surface area contributed by atoms with E-state index in [0.29, 0.717) is 5.82 Å². The van der Waals surface area contributed by atoms with Crippen LogP contribution >= 0.6 is 0 Å². The highest BCUT2D eigenvalue weighted by atomic mass is 16.6. The van der Waals surface area contributed by atoms with Gasteiger partial charge in [0.2, 0.25) is 5.91 Å². The predicted octanol–water partition coefficient (Wildman–Crippen LogP) is 0.819. The van der Waals surface area contributed by atoms with E-state index in [1.54, 1.807) is 37.7 Å². The highest BCUT2D eigenvalue weighted by Crippen LogP contribution is 2.21. The van der Waals surface area contributed by atoms with Gasteiger partial charge in [-0.1, -0.05) is 0 Å². The summed E-state index contributed by atoms with van der Waals surface area (Å²) < 4.78 is 6.63. The normalized spacial score (nSPS) is 18.6. The second-order valence-electron chi connectivity index (χ2n) is 6.36. The van der Waals surface area contributed by atoms with E-state index in [1.807, 2.05) is 0 Å². The number of carbonyl (C=O) groups excluding carboxylic acids is 2. The molecule has 2 heterocycles. The maximum atomic E-state index is 12.0. The van der Waals surface area contributed by atoms with Crippen molar-refractivity contribution in [2.24, 2.45) is 5.92 Å². The van der Waals surface area contributed by atoms with E-state index in [1.165, 1.54) is 0 Å². The van der Waals surface area contributed by atoms with E-state index in [0.717, 1.165) is 0 Å². The third-order valence-electron chi connectivity index (χ3n) is 3.24. The lowest BCUT2D eigenvalue weighted by molar-refractivity contribution is -0.140. The van der Waals surface area contributed by atoms with Gasteiger partial charge in [-0.2, -0.15) is 5.10 Å². The molecule has 0 spiro atoms. The van der Waals surface area contributed by atoms with Crippen LogP contribution in [0.3, 0.4) is 0 Å². The molecule has 3 N–H and O–H groups in total. The summed E-state index contributed by atoms with van der Waals surface area (Å²) in [6.07, 6.45) is 0.659. The number of aromatic nitrogens is 2. The standard InChI is InChI=1S/C14H20N4O5/c1-14(2,3)23-13(22)16-9(12(20)21)6-8-7-18-10(4-5-15-18)17-11(8)19/h4-5,8-9H,6-7H2,1-3H3,(H,16,22)(H,17,19)(H,20,21)/t8?,9-/m0/s1. The fourth-order valence-electron chi connectivity index (χ4n) is 2.24. The number of carboxylic acid groups (broad SMARTS) is 1. The van der Waals surface area contributed by atoms with Crippen LogP contribution in [-0.2, 0) is 20.9 Å². The molecule has 0 fully saturated rings. The summed E-state index contributed by atoms with van der Waals surface area (Å²) >= 11 is 0. The van der Waals surface area contributed by atoms with Crippen LogP contribution in [0.5, 0.6) is 0 Å². The molecule has 0 aromatic carbocycles. The minimum Gasteiger partial charge on any atom is -0.480 e. The Kier molecular flexibility index (Phi) is 4.57. The summed E-state index contributed by atoms with van der Waals surface area (Å²) in [6.45, 7) is 5.29. The van der Waals surface area contributed by atoms with E-state index in [2.05, 4.69) is 15.7 Å². The summed E-state index contributed by atoms with van der Waals surface area (Å²) in [5.74, 6) is -1.57. The third-order valence-corrected chi connectivity index (χ3v) is 3.24. The minimum absolute atomic E-state index is 0.0558. The number of carbonyl (C=O) groups is 3. The Morgan fingerprint density at radius 1 is 1.57 bits per heavy atom. The lowest BCUT2D eigenvalue weighted by Gasteiger charge is -2.26. The second kappa shape index (κ2) is 6.27. The number of aliphatic carboxylic acids is 1. The zero-order chi connectivity index (χ0) is 17.2. The van der Waals surface area contributed by atoms with Gasteiger partial charge in [0.1, 0.15) is 17.5 Å². The maximum absolute atomic E-state index is 12.0. The highest BCUT2D eigenvalue weighted by Gasteiger charge is 2.33. The average molecular weight is 324 g/mol. The topological polar surface area (TPSA) is 123 Å². The van der Waals surface area contributed by atoms with Crippen LogP contribution in [0.25, 0.3) is 0 Å². The van der Waals surface area contributed by atoms with Crippen LogP contribution in [0.2, 0.25) is 0 Å². The quantitative estimate of drug-likeness (QED) is 0.753. The lowest BCUT2D eigenvalue weighted by Crippen LogP contribution is -2.46. The summed E-state index contributed by atoms with van der Waals surface area (Å²) in [5.41, 5.74) is -0.737. The second-order valence-corrected chi connectivity index (χ2v) is 6.36. The van der Waals surface area contributed by atoms with Gasteiger partial charge in [0, 0.05) is 6.07 Å². The molecule has 1 aliphatic rings. The molecule has 1 unspecified atom stereocenters. The number of nitrogens with one attached hydrogen (secondary N) is 2. The molecule has 0 aliphatic carbocycles. The van der Waals surface area contributed by atoms with E-state index < -0.39 is 29.6 Å². The average Bonchev–Trinajstić information content (AvgIpc) is 2.82. The van der Waals surface area contributed by atoms with Gasteiger partial charge in [0.25, 0.3) is 0 Å². The number of amides is 2. The molecule has 1 aromatic rings. The summed E-state index contributed by atoms with van der Waals surface area (Å²) in [5, 5.41) is 18.3. The van der Waals surface area contributed by atoms with E-state index in [-0.39, 0.29) is 18.9 Å². The molecule has 2 atom stereocenters. The van der Waals surface area contributed by atoms with Gasteiger partial charge in [-0.3, -0.25) is 4.79 Å². The molecule has 1 aromatic heterocycles. The van der Waals surface area contributed by atoms with Crippen molar-refractivity contribution in [1.29, 1.82) is 0 Å². The van der Waals surface area contributed by atoms with E-state index in [4.69, 9.17) is 4.74 Å². The Hall–Kier alpha value is -2.58. The van der Waals surface area contributed by atoms with Crippen LogP contribution < -0.4 is 10.6 Å². The van der Waals surface area contributed by atoms with Crippen molar-refractivity contribution in [3.05, 3.63) is 12.3 Å². The Labute approximate surface area is 133 Å². The number of alkyl carbamates (subject to hydrolysis) is 1. The van der Waals surface area contributed by atoms with E-state index in [9.17, 15) is 19.5 Å². The maximum Gasteiger partial charge on any atom is 0.408 e. The zero-order valence-electron chi connectivity index (χ0n) is 13.2. The Morgan fingerprint density at radius 3 is 2.87 bits per heavy atom. The number of hydrogen-bond acceptors (Lipinski definition) is 5. The molecule has 0 radical (unpaired) electrons. The monoisotopic (exact) mass is 324 g/mol. The largest absolute Gasteiger partial charge is 0.480 e. The van der Waals surface area contributed by atoms with Gasteiger partial charge >= 0.3 is 12.1 Å². The van der Waals surface area contributed by atoms with Crippen molar-refractivity contribution >= 4 is 23.8 Å². The minimum atomic E-state index is -1.23. The first-order valence-corrected chi connectivity index (χ1v) is 7.21. The predicted molar refractivity (Wildman–Crippen MR) is 79.8 cm³/mol. The van der Waals surface area contributed by atoms with Gasteiger partial charge in [0.05, 0.1) is 18.7 Å². The molecule has 0 saturated carbocycles. The Bertz CT molecular complexity index is 619. The molecule has 1 aliphatic heterocycles. The first-order chi connectivity index (χ1) is 10.7. The third kappa shape index (κ3) is 4.44. The van der Waals surface area contributed by atoms with Gasteiger partial charge in [-0.05, 0) is 27.2 Å². The molecular weight excluding hydrogens is 304 g/mol. The Balaban J connectivity index is 2.01. The molecule has 9 nitrogen and oxygen atoms in total. The Morgan fingerprint density at radius 2 is 2.26 bits per heavy atom.